The largest absolute Gasteiger partial charge is 0.0979 e. The maximum absolute atomic E-state index is 3.37. The number of benzene rings is 3. The average molecular weight is 365 g/mol. The molecule has 0 heterocycles. The Balaban J connectivity index is 1.86. The molecule has 0 atom stereocenters. The van der Waals surface area contributed by atoms with E-state index in [1.165, 1.54) is 35.6 Å². The van der Waals surface area contributed by atoms with Gasteiger partial charge in [0.15, 0.2) is 0 Å². The van der Waals surface area contributed by atoms with E-state index in [9.17, 15) is 0 Å². The zero-order valence-electron chi connectivity index (χ0n) is 17.0. The van der Waals surface area contributed by atoms with E-state index in [-0.39, 0.29) is 0 Å². The van der Waals surface area contributed by atoms with Gasteiger partial charge in [0.25, 0.3) is 0 Å². The van der Waals surface area contributed by atoms with Gasteiger partial charge in [-0.3, -0.25) is 0 Å². The van der Waals surface area contributed by atoms with Gasteiger partial charge in [-0.1, -0.05) is 86.8 Å². The van der Waals surface area contributed by atoms with Crippen LogP contribution < -0.4 is 0 Å². The van der Waals surface area contributed by atoms with Gasteiger partial charge in [0.05, 0.1) is 0 Å². The van der Waals surface area contributed by atoms with E-state index in [4.69, 9.17) is 0 Å². The first kappa shape index (κ1) is 19.8. The van der Waals surface area contributed by atoms with E-state index < -0.39 is 0 Å². The molecule has 3 rings (SSSR count). The van der Waals surface area contributed by atoms with Crippen molar-refractivity contribution in [2.75, 3.05) is 0 Å². The van der Waals surface area contributed by atoms with Crippen LogP contribution in [0.5, 0.6) is 0 Å². The second kappa shape index (κ2) is 10.4. The second-order valence-corrected chi connectivity index (χ2v) is 7.16. The second-order valence-electron chi connectivity index (χ2n) is 7.16. The Morgan fingerprint density at radius 3 is 1.93 bits per heavy atom. The summed E-state index contributed by atoms with van der Waals surface area (Å²) in [6.45, 7) is 4.43. The van der Waals surface area contributed by atoms with Gasteiger partial charge in [-0.25, -0.2) is 0 Å². The fraction of sp³-hybridized carbons (Fsp3) is 0.286. The fourth-order valence-corrected chi connectivity index (χ4v) is 3.22. The number of hydrogen-bond donors (Lipinski definition) is 0. The molecule has 0 N–H and O–H groups in total. The molecule has 0 amide bonds. The fourth-order valence-electron chi connectivity index (χ4n) is 3.22. The molecule has 0 aliphatic heterocycles. The lowest BCUT2D eigenvalue weighted by atomic mass is 9.99. The smallest absolute Gasteiger partial charge is 0.0328 e. The van der Waals surface area contributed by atoms with E-state index in [0.717, 1.165) is 36.0 Å². The number of hydrogen-bond acceptors (Lipinski definition) is 0. The van der Waals surface area contributed by atoms with Gasteiger partial charge >= 0.3 is 0 Å². The molecule has 0 fully saturated rings. The van der Waals surface area contributed by atoms with Gasteiger partial charge < -0.3 is 0 Å². The van der Waals surface area contributed by atoms with Crippen LogP contribution in [0.1, 0.15) is 68.2 Å². The predicted molar refractivity (Wildman–Crippen MR) is 121 cm³/mol. The van der Waals surface area contributed by atoms with Gasteiger partial charge in [0, 0.05) is 23.1 Å². The van der Waals surface area contributed by atoms with Gasteiger partial charge in [0.1, 0.15) is 0 Å². The van der Waals surface area contributed by atoms with Crippen molar-refractivity contribution in [3.05, 3.63) is 82.9 Å². The van der Waals surface area contributed by atoms with Crippen LogP contribution in [0.25, 0.3) is 10.8 Å². The first-order chi connectivity index (χ1) is 13.8. The molecule has 0 aliphatic carbocycles. The molecule has 0 aliphatic rings. The highest BCUT2D eigenvalue weighted by Crippen LogP contribution is 2.22. The summed E-state index contributed by atoms with van der Waals surface area (Å²) < 4.78 is 0. The number of unbranched alkanes of at least 4 members (excludes halogenated alkanes) is 3. The molecular formula is C28H28. The molecule has 3 aromatic carbocycles. The molecule has 28 heavy (non-hydrogen) atoms. The van der Waals surface area contributed by atoms with Crippen molar-refractivity contribution in [2.24, 2.45) is 0 Å². The van der Waals surface area contributed by atoms with E-state index in [1.807, 2.05) is 0 Å². The third-order valence-electron chi connectivity index (χ3n) is 4.92. The molecule has 0 spiro atoms. The number of fused-ring (bicyclic) bond motifs is 1. The minimum Gasteiger partial charge on any atom is -0.0979 e. The molecule has 0 nitrogen and oxygen atoms in total. The zero-order chi connectivity index (χ0) is 19.6. The van der Waals surface area contributed by atoms with Crippen LogP contribution in [-0.4, -0.2) is 0 Å². The van der Waals surface area contributed by atoms with Gasteiger partial charge in [-0.05, 0) is 59.9 Å². The normalized spacial score (nSPS) is 10.1. The summed E-state index contributed by atoms with van der Waals surface area (Å²) in [5.74, 6) is 13.4. The summed E-state index contributed by atoms with van der Waals surface area (Å²) in [5.41, 5.74) is 4.61. The minimum atomic E-state index is 0.959. The summed E-state index contributed by atoms with van der Waals surface area (Å²) in [7, 11) is 0. The van der Waals surface area contributed by atoms with Crippen molar-refractivity contribution in [2.45, 2.75) is 52.4 Å². The highest BCUT2D eigenvalue weighted by atomic mass is 14.0. The van der Waals surface area contributed by atoms with Crippen molar-refractivity contribution in [1.29, 1.82) is 0 Å². The quantitative estimate of drug-likeness (QED) is 0.334. The van der Waals surface area contributed by atoms with Gasteiger partial charge in [-0.2, -0.15) is 0 Å². The Labute approximate surface area is 170 Å². The van der Waals surface area contributed by atoms with E-state index in [2.05, 4.69) is 98.2 Å². The van der Waals surface area contributed by atoms with Gasteiger partial charge in [0.2, 0.25) is 0 Å². The summed E-state index contributed by atoms with van der Waals surface area (Å²) in [6.07, 6.45) is 6.92. The summed E-state index contributed by atoms with van der Waals surface area (Å²) >= 11 is 0. The topological polar surface area (TPSA) is 0 Å². The molecule has 0 radical (unpaired) electrons. The molecule has 140 valence electrons. The summed E-state index contributed by atoms with van der Waals surface area (Å²) in [4.78, 5) is 0. The zero-order valence-corrected chi connectivity index (χ0v) is 17.0. The maximum Gasteiger partial charge on any atom is 0.0328 e. The lowest BCUT2D eigenvalue weighted by Gasteiger charge is -2.03. The molecule has 0 heteroatoms. The standard InChI is InChI=1S/C28H28/c1-3-5-7-8-12-25-21-22-26(28-14-10-9-13-27(25)28)20-19-24-17-15-23(16-18-24)11-6-4-2/h9-10,13-18,21-22H,3-7,11H2,1-2H3. The van der Waals surface area contributed by atoms with Crippen molar-refractivity contribution >= 4 is 10.8 Å². The number of aryl methyl sites for hydroxylation is 1. The molecule has 0 saturated heterocycles. The average Bonchev–Trinajstić information content (AvgIpc) is 2.75. The van der Waals surface area contributed by atoms with Gasteiger partial charge in [-0.15, -0.1) is 0 Å². The van der Waals surface area contributed by atoms with Crippen LogP contribution in [-0.2, 0) is 6.42 Å². The van der Waals surface area contributed by atoms with Crippen LogP contribution in [0.3, 0.4) is 0 Å². The lowest BCUT2D eigenvalue weighted by Crippen LogP contribution is -1.86. The lowest BCUT2D eigenvalue weighted by molar-refractivity contribution is 0.795. The summed E-state index contributed by atoms with van der Waals surface area (Å²) in [6, 6.07) is 21.3. The maximum atomic E-state index is 3.37. The Kier molecular flexibility index (Phi) is 7.35. The highest BCUT2D eigenvalue weighted by molar-refractivity contribution is 5.92. The monoisotopic (exact) mass is 364 g/mol. The van der Waals surface area contributed by atoms with Crippen LogP contribution in [0.4, 0.5) is 0 Å². The Morgan fingerprint density at radius 2 is 1.29 bits per heavy atom. The SMILES string of the molecule is CCCCC#Cc1ccc(C#Cc2ccc(CCCC)cc2)c2ccccc12. The predicted octanol–water partition coefficient (Wildman–Crippen LogP) is 7.12. The van der Waals surface area contributed by atoms with Crippen LogP contribution >= 0.6 is 0 Å². The molecule has 0 bridgehead atoms. The molecule has 0 unspecified atom stereocenters. The van der Waals surface area contributed by atoms with E-state index >= 15 is 0 Å². The molecule has 3 aromatic rings. The first-order valence-corrected chi connectivity index (χ1v) is 10.4. The van der Waals surface area contributed by atoms with Crippen molar-refractivity contribution in [1.82, 2.24) is 0 Å². The molecule has 0 saturated carbocycles. The molecular weight excluding hydrogens is 336 g/mol. The van der Waals surface area contributed by atoms with Crippen LogP contribution in [0.2, 0.25) is 0 Å². The number of rotatable bonds is 5. The Morgan fingerprint density at radius 1 is 0.643 bits per heavy atom. The van der Waals surface area contributed by atoms with Crippen LogP contribution in [0.15, 0.2) is 60.7 Å². The van der Waals surface area contributed by atoms with Crippen molar-refractivity contribution < 1.29 is 0 Å². The third-order valence-corrected chi connectivity index (χ3v) is 4.92. The minimum absolute atomic E-state index is 0.959. The first-order valence-electron chi connectivity index (χ1n) is 10.4. The van der Waals surface area contributed by atoms with E-state index in [1.54, 1.807) is 0 Å². The highest BCUT2D eigenvalue weighted by Gasteiger charge is 2.02. The summed E-state index contributed by atoms with van der Waals surface area (Å²) in [5, 5.41) is 2.37. The van der Waals surface area contributed by atoms with Crippen molar-refractivity contribution in [3.63, 3.8) is 0 Å². The van der Waals surface area contributed by atoms with Crippen LogP contribution in [0, 0.1) is 23.7 Å². The van der Waals surface area contributed by atoms with E-state index in [0.29, 0.717) is 0 Å². The Bertz CT molecular complexity index is 1030. The third kappa shape index (κ3) is 5.28. The molecule has 0 aromatic heterocycles. The Hall–Kier alpha value is -2.96. The van der Waals surface area contributed by atoms with Crippen molar-refractivity contribution in [3.8, 4) is 23.7 Å².